The van der Waals surface area contributed by atoms with Gasteiger partial charge in [0.15, 0.2) is 5.16 Å². The van der Waals surface area contributed by atoms with E-state index in [1.165, 1.54) is 0 Å². The summed E-state index contributed by atoms with van der Waals surface area (Å²) in [6.45, 7) is 0. The Morgan fingerprint density at radius 1 is 1.33 bits per heavy atom. The van der Waals surface area contributed by atoms with Crippen LogP contribution in [0.5, 0.6) is 11.5 Å². The van der Waals surface area contributed by atoms with Gasteiger partial charge in [-0.3, -0.25) is 14.2 Å². The Hall–Kier alpha value is -2.48. The van der Waals surface area contributed by atoms with E-state index in [2.05, 4.69) is 10.3 Å². The highest BCUT2D eigenvalue weighted by atomic mass is 32.2. The lowest BCUT2D eigenvalue weighted by molar-refractivity contribution is -0.116. The van der Waals surface area contributed by atoms with Crippen LogP contribution in [0.2, 0.25) is 0 Å². The first-order valence-electron chi connectivity index (χ1n) is 8.89. The molecule has 0 bridgehead atoms. The molecule has 1 atom stereocenters. The molecule has 8 heteroatoms. The highest BCUT2D eigenvalue weighted by Gasteiger charge is 2.31. The molecule has 0 spiro atoms. The van der Waals surface area contributed by atoms with Gasteiger partial charge in [-0.1, -0.05) is 11.8 Å². The van der Waals surface area contributed by atoms with Crippen LogP contribution in [-0.2, 0) is 17.6 Å². The molecule has 1 N–H and O–H groups in total. The number of nitrogens with zero attached hydrogens (tertiary/aromatic N) is 2. The molecule has 1 amide bonds. The second-order valence-electron chi connectivity index (χ2n) is 6.63. The Bertz CT molecular complexity index is 957. The van der Waals surface area contributed by atoms with Gasteiger partial charge in [-0.2, -0.15) is 0 Å². The molecular weight excluding hydrogens is 366 g/mol. The molecule has 2 aliphatic rings. The van der Waals surface area contributed by atoms with Crippen LogP contribution < -0.4 is 20.3 Å². The normalized spacial score (nSPS) is 17.3. The first kappa shape index (κ1) is 17.9. The summed E-state index contributed by atoms with van der Waals surface area (Å²) in [5.41, 5.74) is 2.36. The molecule has 1 aromatic carbocycles. The van der Waals surface area contributed by atoms with Gasteiger partial charge in [-0.05, 0) is 31.4 Å². The number of aryl methyl sites for hydroxylation is 1. The number of carbonyl (C=O) groups excluding carboxylic acids is 1. The predicted octanol–water partition coefficient (Wildman–Crippen LogP) is 2.42. The average molecular weight is 387 g/mol. The summed E-state index contributed by atoms with van der Waals surface area (Å²) in [5.74, 6) is 1.69. The van der Waals surface area contributed by atoms with Gasteiger partial charge in [0.2, 0.25) is 5.91 Å². The maximum Gasteiger partial charge on any atom is 0.257 e. The van der Waals surface area contributed by atoms with E-state index >= 15 is 0 Å². The second-order valence-corrected chi connectivity index (χ2v) is 7.62. The lowest BCUT2D eigenvalue weighted by Crippen LogP contribution is -2.30. The smallest absolute Gasteiger partial charge is 0.257 e. The minimum Gasteiger partial charge on any atom is -0.497 e. The number of aromatic nitrogens is 2. The summed E-state index contributed by atoms with van der Waals surface area (Å²) in [5, 5.41) is 3.61. The van der Waals surface area contributed by atoms with E-state index in [0.717, 1.165) is 35.7 Å². The molecule has 1 aromatic heterocycles. The number of hydrogen-bond acceptors (Lipinski definition) is 6. The molecule has 0 saturated carbocycles. The molecule has 2 heterocycles. The molecule has 0 fully saturated rings. The van der Waals surface area contributed by atoms with Crippen molar-refractivity contribution in [1.82, 2.24) is 9.55 Å². The Balaban J connectivity index is 1.52. The van der Waals surface area contributed by atoms with Crippen LogP contribution in [0.4, 0.5) is 5.69 Å². The molecule has 0 saturated heterocycles. The fourth-order valence-electron chi connectivity index (χ4n) is 3.62. The Labute approximate surface area is 161 Å². The fourth-order valence-corrected chi connectivity index (χ4v) is 4.77. The standard InChI is InChI=1S/C19H21N3O4S/c1-25-12-6-7-15(16(9-12)26-2)20-17(23)8-11-10-27-19-21-14-5-3-4-13(14)18(24)22(11)19/h6-7,9,11H,3-5,8,10H2,1-2H3,(H,20,23). The monoisotopic (exact) mass is 387 g/mol. The number of anilines is 1. The van der Waals surface area contributed by atoms with Gasteiger partial charge in [0, 0.05) is 23.8 Å². The largest absolute Gasteiger partial charge is 0.497 e. The lowest BCUT2D eigenvalue weighted by atomic mass is 10.2. The van der Waals surface area contributed by atoms with E-state index in [9.17, 15) is 9.59 Å². The molecule has 2 aromatic rings. The first-order valence-corrected chi connectivity index (χ1v) is 9.88. The van der Waals surface area contributed by atoms with Crippen LogP contribution in [0.3, 0.4) is 0 Å². The van der Waals surface area contributed by atoms with Crippen molar-refractivity contribution in [3.05, 3.63) is 39.8 Å². The summed E-state index contributed by atoms with van der Waals surface area (Å²) < 4.78 is 12.2. The van der Waals surface area contributed by atoms with E-state index in [0.29, 0.717) is 22.9 Å². The van der Waals surface area contributed by atoms with Gasteiger partial charge in [0.1, 0.15) is 11.5 Å². The van der Waals surface area contributed by atoms with Gasteiger partial charge in [-0.25, -0.2) is 4.98 Å². The van der Waals surface area contributed by atoms with Crippen LogP contribution in [0.25, 0.3) is 0 Å². The van der Waals surface area contributed by atoms with Gasteiger partial charge in [-0.15, -0.1) is 0 Å². The number of nitrogens with one attached hydrogen (secondary N) is 1. The highest BCUT2D eigenvalue weighted by Crippen LogP contribution is 2.35. The summed E-state index contributed by atoms with van der Waals surface area (Å²) in [6.07, 6.45) is 2.86. The number of methoxy groups -OCH3 is 2. The van der Waals surface area contributed by atoms with Crippen molar-refractivity contribution in [1.29, 1.82) is 0 Å². The van der Waals surface area contributed by atoms with Crippen molar-refractivity contribution in [2.24, 2.45) is 0 Å². The Morgan fingerprint density at radius 2 is 2.19 bits per heavy atom. The third-order valence-electron chi connectivity index (χ3n) is 4.98. The van der Waals surface area contributed by atoms with Gasteiger partial charge in [0.25, 0.3) is 5.56 Å². The third kappa shape index (κ3) is 3.29. The summed E-state index contributed by atoms with van der Waals surface area (Å²) >= 11 is 1.55. The number of fused-ring (bicyclic) bond motifs is 2. The third-order valence-corrected chi connectivity index (χ3v) is 6.07. The zero-order valence-electron chi connectivity index (χ0n) is 15.3. The van der Waals surface area contributed by atoms with Crippen molar-refractivity contribution in [2.45, 2.75) is 36.9 Å². The zero-order valence-corrected chi connectivity index (χ0v) is 16.1. The van der Waals surface area contributed by atoms with Gasteiger partial charge in [0.05, 0.1) is 31.6 Å². The van der Waals surface area contributed by atoms with Gasteiger partial charge >= 0.3 is 0 Å². The number of ether oxygens (including phenoxy) is 2. The quantitative estimate of drug-likeness (QED) is 0.794. The predicted molar refractivity (Wildman–Crippen MR) is 103 cm³/mol. The Kier molecular flexibility index (Phi) is 4.82. The number of amides is 1. The van der Waals surface area contributed by atoms with E-state index < -0.39 is 0 Å². The van der Waals surface area contributed by atoms with Crippen molar-refractivity contribution in [2.75, 3.05) is 25.3 Å². The molecule has 1 unspecified atom stereocenters. The zero-order chi connectivity index (χ0) is 19.0. The maximum absolute atomic E-state index is 12.8. The first-order chi connectivity index (χ1) is 13.1. The molecule has 27 heavy (non-hydrogen) atoms. The topological polar surface area (TPSA) is 82.5 Å². The van der Waals surface area contributed by atoms with E-state index in [1.807, 2.05) is 0 Å². The summed E-state index contributed by atoms with van der Waals surface area (Å²) in [7, 11) is 3.12. The maximum atomic E-state index is 12.8. The SMILES string of the molecule is COc1ccc(NC(=O)CC2CSc3nc4c(c(=O)n32)CCC4)c(OC)c1. The van der Waals surface area contributed by atoms with Crippen molar-refractivity contribution >= 4 is 23.4 Å². The molecule has 7 nitrogen and oxygen atoms in total. The number of thioether (sulfide) groups is 1. The summed E-state index contributed by atoms with van der Waals surface area (Å²) in [4.78, 5) is 30.1. The minimum atomic E-state index is -0.180. The molecule has 0 radical (unpaired) electrons. The van der Waals surface area contributed by atoms with Gasteiger partial charge < -0.3 is 14.8 Å². The van der Waals surface area contributed by atoms with Crippen molar-refractivity contribution in [3.8, 4) is 11.5 Å². The lowest BCUT2D eigenvalue weighted by Gasteiger charge is -2.16. The number of rotatable bonds is 5. The Morgan fingerprint density at radius 3 is 2.96 bits per heavy atom. The van der Waals surface area contributed by atoms with E-state index in [4.69, 9.17) is 9.47 Å². The number of benzene rings is 1. The van der Waals surface area contributed by atoms with E-state index in [-0.39, 0.29) is 23.9 Å². The number of carbonyl (C=O) groups is 1. The van der Waals surface area contributed by atoms with Crippen LogP contribution in [0.15, 0.2) is 28.2 Å². The van der Waals surface area contributed by atoms with Crippen molar-refractivity contribution in [3.63, 3.8) is 0 Å². The molecule has 4 rings (SSSR count). The van der Waals surface area contributed by atoms with Crippen LogP contribution in [0.1, 0.15) is 30.1 Å². The van der Waals surface area contributed by atoms with E-state index in [1.54, 1.807) is 48.7 Å². The average Bonchev–Trinajstić information content (AvgIpc) is 3.30. The minimum absolute atomic E-state index is 0.0253. The number of hydrogen-bond donors (Lipinski definition) is 1. The van der Waals surface area contributed by atoms with Crippen molar-refractivity contribution < 1.29 is 14.3 Å². The highest BCUT2D eigenvalue weighted by molar-refractivity contribution is 7.99. The van der Waals surface area contributed by atoms with Crippen LogP contribution in [-0.4, -0.2) is 35.4 Å². The molecule has 1 aliphatic carbocycles. The molecule has 1 aliphatic heterocycles. The van der Waals surface area contributed by atoms with Crippen LogP contribution in [0, 0.1) is 0 Å². The van der Waals surface area contributed by atoms with Crippen LogP contribution >= 0.6 is 11.8 Å². The second kappa shape index (κ2) is 7.26. The molecule has 142 valence electrons. The summed E-state index contributed by atoms with van der Waals surface area (Å²) in [6, 6.07) is 5.04. The fraction of sp³-hybridized carbons (Fsp3) is 0.421. The molecular formula is C19H21N3O4S.